The quantitative estimate of drug-likeness (QED) is 0.891. The molecule has 0 aliphatic carbocycles. The maximum absolute atomic E-state index is 12.2. The van der Waals surface area contributed by atoms with E-state index in [0.29, 0.717) is 0 Å². The first-order valence-electron chi connectivity index (χ1n) is 6.95. The molecule has 1 saturated heterocycles. The average molecular weight is 277 g/mol. The minimum absolute atomic E-state index is 0.0340. The first-order valence-corrected chi connectivity index (χ1v) is 6.95. The monoisotopic (exact) mass is 277 g/mol. The molecule has 1 heterocycles. The lowest BCUT2D eigenvalue weighted by Crippen LogP contribution is -2.52. The number of nitrogens with zero attached hydrogens (tertiary/aromatic N) is 1. The van der Waals surface area contributed by atoms with Crippen LogP contribution >= 0.6 is 0 Å². The molecule has 20 heavy (non-hydrogen) atoms. The first kappa shape index (κ1) is 14.7. The molecule has 0 saturated carbocycles. The number of likely N-dealkylation sites (tertiary alicyclic amines) is 1. The molecule has 0 bridgehead atoms. The third-order valence-electron chi connectivity index (χ3n) is 4.10. The van der Waals surface area contributed by atoms with Gasteiger partial charge in [-0.1, -0.05) is 0 Å². The lowest BCUT2D eigenvalue weighted by Gasteiger charge is -2.39. The maximum Gasteiger partial charge on any atom is 0.321 e. The Labute approximate surface area is 120 Å². The number of carbonyl (C=O) groups is 1. The molecule has 1 aromatic rings. The topological polar surface area (TPSA) is 53.6 Å². The van der Waals surface area contributed by atoms with E-state index in [1.165, 1.54) is 0 Å². The number of piperidine rings is 1. The van der Waals surface area contributed by atoms with Gasteiger partial charge in [0.2, 0.25) is 0 Å². The Morgan fingerprint density at radius 3 is 2.35 bits per heavy atom. The number of nitrogens with one attached hydrogen (secondary N) is 2. The summed E-state index contributed by atoms with van der Waals surface area (Å²) in [4.78, 5) is 14.0. The fraction of sp³-hybridized carbons (Fsp3) is 0.533. The third-order valence-corrected chi connectivity index (χ3v) is 4.10. The SMILES string of the molecule is CNC1(C)CCN(C(=O)Nc2ccc(OC)cc2)CC1. The van der Waals surface area contributed by atoms with E-state index in [4.69, 9.17) is 4.74 Å². The van der Waals surface area contributed by atoms with Crippen molar-refractivity contribution in [2.75, 3.05) is 32.6 Å². The van der Waals surface area contributed by atoms with Crippen LogP contribution in [0.5, 0.6) is 5.75 Å². The first-order chi connectivity index (χ1) is 9.56. The summed E-state index contributed by atoms with van der Waals surface area (Å²) in [5.74, 6) is 0.783. The van der Waals surface area contributed by atoms with E-state index in [1.807, 2.05) is 36.2 Å². The van der Waals surface area contributed by atoms with E-state index in [9.17, 15) is 4.79 Å². The lowest BCUT2D eigenvalue weighted by molar-refractivity contribution is 0.163. The Kier molecular flexibility index (Phi) is 4.49. The number of methoxy groups -OCH3 is 1. The summed E-state index contributed by atoms with van der Waals surface area (Å²) >= 11 is 0. The number of rotatable bonds is 3. The van der Waals surface area contributed by atoms with Crippen LogP contribution in [0.2, 0.25) is 0 Å². The average Bonchev–Trinajstić information content (AvgIpc) is 2.48. The van der Waals surface area contributed by atoms with Gasteiger partial charge in [-0.2, -0.15) is 0 Å². The van der Waals surface area contributed by atoms with Crippen LogP contribution in [0.4, 0.5) is 10.5 Å². The van der Waals surface area contributed by atoms with Gasteiger partial charge >= 0.3 is 6.03 Å². The Balaban J connectivity index is 1.89. The van der Waals surface area contributed by atoms with Crippen molar-refractivity contribution in [3.63, 3.8) is 0 Å². The van der Waals surface area contributed by atoms with E-state index in [-0.39, 0.29) is 11.6 Å². The van der Waals surface area contributed by atoms with E-state index < -0.39 is 0 Å². The minimum atomic E-state index is -0.0340. The third kappa shape index (κ3) is 3.42. The molecular weight excluding hydrogens is 254 g/mol. The molecule has 1 fully saturated rings. The van der Waals surface area contributed by atoms with Crippen molar-refractivity contribution >= 4 is 11.7 Å². The van der Waals surface area contributed by atoms with Gasteiger partial charge in [-0.15, -0.1) is 0 Å². The van der Waals surface area contributed by atoms with Crippen LogP contribution in [-0.4, -0.2) is 43.7 Å². The van der Waals surface area contributed by atoms with Crippen molar-refractivity contribution in [1.29, 1.82) is 0 Å². The molecule has 0 radical (unpaired) electrons. The molecule has 1 aromatic carbocycles. The summed E-state index contributed by atoms with van der Waals surface area (Å²) in [6.07, 6.45) is 1.94. The van der Waals surface area contributed by atoms with Crippen molar-refractivity contribution in [3.8, 4) is 5.75 Å². The van der Waals surface area contributed by atoms with Crippen LogP contribution in [-0.2, 0) is 0 Å². The Hall–Kier alpha value is -1.75. The zero-order valence-electron chi connectivity index (χ0n) is 12.4. The number of hydrogen-bond donors (Lipinski definition) is 2. The molecule has 2 N–H and O–H groups in total. The van der Waals surface area contributed by atoms with Crippen LogP contribution in [0.3, 0.4) is 0 Å². The van der Waals surface area contributed by atoms with Crippen LogP contribution in [0.1, 0.15) is 19.8 Å². The van der Waals surface area contributed by atoms with Crippen molar-refractivity contribution < 1.29 is 9.53 Å². The fourth-order valence-corrected chi connectivity index (χ4v) is 2.33. The maximum atomic E-state index is 12.2. The number of hydrogen-bond acceptors (Lipinski definition) is 3. The Bertz CT molecular complexity index is 451. The highest BCUT2D eigenvalue weighted by Crippen LogP contribution is 2.22. The summed E-state index contributed by atoms with van der Waals surface area (Å²) < 4.78 is 5.10. The van der Waals surface area contributed by atoms with E-state index in [1.54, 1.807) is 7.11 Å². The van der Waals surface area contributed by atoms with Gasteiger partial charge in [0.15, 0.2) is 0 Å². The zero-order valence-corrected chi connectivity index (χ0v) is 12.4. The number of carbonyl (C=O) groups excluding carboxylic acids is 1. The van der Waals surface area contributed by atoms with Crippen molar-refractivity contribution in [2.24, 2.45) is 0 Å². The Morgan fingerprint density at radius 2 is 1.85 bits per heavy atom. The van der Waals surface area contributed by atoms with Crippen LogP contribution in [0.25, 0.3) is 0 Å². The number of amides is 2. The van der Waals surface area contributed by atoms with Gasteiger partial charge in [0.1, 0.15) is 5.75 Å². The van der Waals surface area contributed by atoms with Gasteiger partial charge in [0.25, 0.3) is 0 Å². The molecule has 5 heteroatoms. The molecule has 2 amide bonds. The highest BCUT2D eigenvalue weighted by molar-refractivity contribution is 5.89. The van der Waals surface area contributed by atoms with Gasteiger partial charge in [0, 0.05) is 24.3 Å². The van der Waals surface area contributed by atoms with Crippen molar-refractivity contribution in [3.05, 3.63) is 24.3 Å². The molecule has 1 aliphatic rings. The van der Waals surface area contributed by atoms with Crippen LogP contribution in [0.15, 0.2) is 24.3 Å². The van der Waals surface area contributed by atoms with E-state index in [0.717, 1.165) is 37.4 Å². The van der Waals surface area contributed by atoms with Gasteiger partial charge in [-0.25, -0.2) is 4.79 Å². The second kappa shape index (κ2) is 6.13. The number of anilines is 1. The van der Waals surface area contributed by atoms with Crippen molar-refractivity contribution in [2.45, 2.75) is 25.3 Å². The standard InChI is InChI=1S/C15H23N3O2/c1-15(16-2)8-10-18(11-9-15)14(19)17-12-4-6-13(20-3)7-5-12/h4-7,16H,8-11H2,1-3H3,(H,17,19). The summed E-state index contributed by atoms with van der Waals surface area (Å²) in [5, 5.41) is 6.25. The molecule has 5 nitrogen and oxygen atoms in total. The molecule has 110 valence electrons. The van der Waals surface area contributed by atoms with Gasteiger partial charge < -0.3 is 20.3 Å². The number of ether oxygens (including phenoxy) is 1. The Morgan fingerprint density at radius 1 is 1.25 bits per heavy atom. The molecule has 0 atom stereocenters. The molecule has 2 rings (SSSR count). The molecule has 1 aliphatic heterocycles. The van der Waals surface area contributed by atoms with Gasteiger partial charge in [-0.05, 0) is 51.1 Å². The predicted molar refractivity (Wildman–Crippen MR) is 80.3 cm³/mol. The largest absolute Gasteiger partial charge is 0.497 e. The lowest BCUT2D eigenvalue weighted by atomic mass is 9.90. The van der Waals surface area contributed by atoms with Crippen LogP contribution in [0, 0.1) is 0 Å². The summed E-state index contributed by atoms with van der Waals surface area (Å²) in [5.41, 5.74) is 0.939. The molecule has 0 spiro atoms. The molecular formula is C15H23N3O2. The van der Waals surface area contributed by atoms with Crippen LogP contribution < -0.4 is 15.4 Å². The highest BCUT2D eigenvalue weighted by atomic mass is 16.5. The number of urea groups is 1. The second-order valence-corrected chi connectivity index (χ2v) is 5.46. The zero-order chi connectivity index (χ0) is 14.6. The fourth-order valence-electron chi connectivity index (χ4n) is 2.33. The molecule has 0 aromatic heterocycles. The van der Waals surface area contributed by atoms with E-state index >= 15 is 0 Å². The minimum Gasteiger partial charge on any atom is -0.497 e. The van der Waals surface area contributed by atoms with E-state index in [2.05, 4.69) is 17.6 Å². The second-order valence-electron chi connectivity index (χ2n) is 5.46. The predicted octanol–water partition coefficient (Wildman–Crippen LogP) is 2.30. The molecule has 0 unspecified atom stereocenters. The van der Waals surface area contributed by atoms with Crippen molar-refractivity contribution in [1.82, 2.24) is 10.2 Å². The van der Waals surface area contributed by atoms with Gasteiger partial charge in [-0.3, -0.25) is 0 Å². The van der Waals surface area contributed by atoms with Gasteiger partial charge in [0.05, 0.1) is 7.11 Å². The smallest absolute Gasteiger partial charge is 0.321 e. The number of benzene rings is 1. The highest BCUT2D eigenvalue weighted by Gasteiger charge is 2.30. The summed E-state index contributed by atoms with van der Waals surface area (Å²) in [7, 11) is 3.60. The summed E-state index contributed by atoms with van der Waals surface area (Å²) in [6.45, 7) is 3.75. The summed E-state index contributed by atoms with van der Waals surface area (Å²) in [6, 6.07) is 7.33. The normalized spacial score (nSPS) is 17.6.